The minimum atomic E-state index is -0.130. The van der Waals surface area contributed by atoms with Gasteiger partial charge in [0.25, 0.3) is 0 Å². The molecule has 1 aliphatic carbocycles. The first kappa shape index (κ1) is 13.9. The second-order valence-electron chi connectivity index (χ2n) is 5.46. The Balaban J connectivity index is 2.54. The molecule has 0 aromatic carbocycles. The molecule has 1 aliphatic rings. The van der Waals surface area contributed by atoms with Crippen LogP contribution in [0.2, 0.25) is 0 Å². The summed E-state index contributed by atoms with van der Waals surface area (Å²) in [4.78, 5) is 23.5. The highest BCUT2D eigenvalue weighted by Gasteiger charge is 2.24. The molecule has 0 bridgehead atoms. The second-order valence-corrected chi connectivity index (χ2v) is 5.46. The van der Waals surface area contributed by atoms with Crippen LogP contribution in [-0.2, 0) is 9.59 Å². The van der Waals surface area contributed by atoms with Gasteiger partial charge in [-0.3, -0.25) is 9.59 Å². The zero-order valence-corrected chi connectivity index (χ0v) is 11.1. The number of ketones is 2. The third-order valence-electron chi connectivity index (χ3n) is 3.11. The number of Topliss-reactive ketones (excluding diaryl/α,β-unsaturated/α-hetero) is 1. The first-order valence-corrected chi connectivity index (χ1v) is 6.30. The van der Waals surface area contributed by atoms with E-state index in [1.54, 1.807) is 6.08 Å². The van der Waals surface area contributed by atoms with Crippen molar-refractivity contribution in [3.05, 3.63) is 23.8 Å². The van der Waals surface area contributed by atoms with Crippen molar-refractivity contribution < 1.29 is 9.59 Å². The Morgan fingerprint density at radius 3 is 2.71 bits per heavy atom. The molecule has 0 amide bonds. The summed E-state index contributed by atoms with van der Waals surface area (Å²) in [6.45, 7) is 9.96. The van der Waals surface area contributed by atoms with E-state index in [1.165, 1.54) is 0 Å². The normalized spacial score (nSPS) is 20.4. The van der Waals surface area contributed by atoms with Crippen LogP contribution in [0, 0.1) is 11.8 Å². The Kier molecular flexibility index (Phi) is 4.86. The van der Waals surface area contributed by atoms with E-state index in [-0.39, 0.29) is 17.5 Å². The van der Waals surface area contributed by atoms with Crippen molar-refractivity contribution in [2.75, 3.05) is 0 Å². The first-order valence-electron chi connectivity index (χ1n) is 6.30. The zero-order valence-electron chi connectivity index (χ0n) is 11.1. The van der Waals surface area contributed by atoms with E-state index in [0.717, 1.165) is 24.0 Å². The summed E-state index contributed by atoms with van der Waals surface area (Å²) in [5, 5.41) is 0. The standard InChI is InChI=1S/C15H22O2/c1-10(2)7-13(16)9-12(4)14-6-5-11(3)8-15(14)17/h8,10,14H,4-7,9H2,1-3H3/t14-/m1/s1. The van der Waals surface area contributed by atoms with Crippen molar-refractivity contribution in [1.82, 2.24) is 0 Å². The highest BCUT2D eigenvalue weighted by Crippen LogP contribution is 2.27. The first-order chi connectivity index (χ1) is 7.90. The molecule has 0 spiro atoms. The summed E-state index contributed by atoms with van der Waals surface area (Å²) < 4.78 is 0. The highest BCUT2D eigenvalue weighted by molar-refractivity contribution is 5.96. The van der Waals surface area contributed by atoms with Gasteiger partial charge in [0.1, 0.15) is 5.78 Å². The molecule has 1 atom stereocenters. The third kappa shape index (κ3) is 4.29. The summed E-state index contributed by atoms with van der Waals surface area (Å²) in [7, 11) is 0. The Morgan fingerprint density at radius 2 is 2.18 bits per heavy atom. The summed E-state index contributed by atoms with van der Waals surface area (Å²) in [6, 6.07) is 0. The molecular weight excluding hydrogens is 212 g/mol. The van der Waals surface area contributed by atoms with Crippen LogP contribution in [0.25, 0.3) is 0 Å². The molecule has 0 saturated heterocycles. The largest absolute Gasteiger partial charge is 0.299 e. The van der Waals surface area contributed by atoms with E-state index in [2.05, 4.69) is 6.58 Å². The molecule has 0 unspecified atom stereocenters. The number of carbonyl (C=O) groups excluding carboxylic acids is 2. The fourth-order valence-corrected chi connectivity index (χ4v) is 2.24. The molecule has 2 nitrogen and oxygen atoms in total. The van der Waals surface area contributed by atoms with Crippen molar-refractivity contribution >= 4 is 11.6 Å². The molecule has 0 saturated carbocycles. The molecule has 0 heterocycles. The summed E-state index contributed by atoms with van der Waals surface area (Å²) in [6.07, 6.45) is 4.39. The Hall–Kier alpha value is -1.18. The van der Waals surface area contributed by atoms with Crippen LogP contribution in [0.15, 0.2) is 23.8 Å². The average molecular weight is 234 g/mol. The van der Waals surface area contributed by atoms with E-state index in [9.17, 15) is 9.59 Å². The SMILES string of the molecule is C=C(CC(=O)CC(C)C)[C@H]1CCC(C)=CC1=O. The fraction of sp³-hybridized carbons (Fsp3) is 0.600. The lowest BCUT2D eigenvalue weighted by Crippen LogP contribution is -2.20. The van der Waals surface area contributed by atoms with Crippen molar-refractivity contribution in [1.29, 1.82) is 0 Å². The van der Waals surface area contributed by atoms with Crippen molar-refractivity contribution in [2.24, 2.45) is 11.8 Å². The monoisotopic (exact) mass is 234 g/mol. The van der Waals surface area contributed by atoms with Gasteiger partial charge in [0.15, 0.2) is 5.78 Å². The fourth-order valence-electron chi connectivity index (χ4n) is 2.24. The van der Waals surface area contributed by atoms with Crippen molar-refractivity contribution in [3.63, 3.8) is 0 Å². The van der Waals surface area contributed by atoms with Gasteiger partial charge >= 0.3 is 0 Å². The molecule has 0 radical (unpaired) electrons. The van der Waals surface area contributed by atoms with Gasteiger partial charge < -0.3 is 0 Å². The maximum atomic E-state index is 11.8. The smallest absolute Gasteiger partial charge is 0.162 e. The Bertz CT molecular complexity index is 361. The van der Waals surface area contributed by atoms with E-state index < -0.39 is 0 Å². The number of hydrogen-bond acceptors (Lipinski definition) is 2. The molecule has 0 aromatic heterocycles. The Labute approximate surface area is 104 Å². The van der Waals surface area contributed by atoms with Crippen LogP contribution in [-0.4, -0.2) is 11.6 Å². The van der Waals surface area contributed by atoms with Crippen molar-refractivity contribution in [3.8, 4) is 0 Å². The number of allylic oxidation sites excluding steroid dienone is 3. The van der Waals surface area contributed by atoms with E-state index in [1.807, 2.05) is 20.8 Å². The average Bonchev–Trinajstić information content (AvgIpc) is 2.15. The van der Waals surface area contributed by atoms with Gasteiger partial charge in [-0.15, -0.1) is 0 Å². The quantitative estimate of drug-likeness (QED) is 0.682. The molecule has 2 heteroatoms. The minimum Gasteiger partial charge on any atom is -0.299 e. The Morgan fingerprint density at radius 1 is 1.53 bits per heavy atom. The zero-order chi connectivity index (χ0) is 13.0. The van der Waals surface area contributed by atoms with Gasteiger partial charge in [-0.1, -0.05) is 31.6 Å². The summed E-state index contributed by atoms with van der Waals surface area (Å²) in [5.41, 5.74) is 1.93. The molecular formula is C15H22O2. The van der Waals surface area contributed by atoms with Crippen LogP contribution >= 0.6 is 0 Å². The van der Waals surface area contributed by atoms with Gasteiger partial charge in [0.2, 0.25) is 0 Å². The van der Waals surface area contributed by atoms with Crippen LogP contribution in [0.1, 0.15) is 46.5 Å². The maximum Gasteiger partial charge on any atom is 0.162 e. The predicted octanol–water partition coefficient (Wildman–Crippen LogP) is 3.47. The number of carbonyl (C=O) groups is 2. The van der Waals surface area contributed by atoms with Gasteiger partial charge in [0, 0.05) is 18.8 Å². The van der Waals surface area contributed by atoms with Crippen molar-refractivity contribution in [2.45, 2.75) is 46.5 Å². The van der Waals surface area contributed by atoms with Crippen LogP contribution in [0.5, 0.6) is 0 Å². The molecule has 94 valence electrons. The van der Waals surface area contributed by atoms with E-state index in [4.69, 9.17) is 0 Å². The summed E-state index contributed by atoms with van der Waals surface area (Å²) in [5.74, 6) is 0.564. The minimum absolute atomic E-state index is 0.121. The maximum absolute atomic E-state index is 11.8. The van der Waals surface area contributed by atoms with E-state index in [0.29, 0.717) is 18.8 Å². The van der Waals surface area contributed by atoms with Crippen LogP contribution in [0.3, 0.4) is 0 Å². The topological polar surface area (TPSA) is 34.1 Å². The number of hydrogen-bond donors (Lipinski definition) is 0. The lowest BCUT2D eigenvalue weighted by molar-refractivity contribution is -0.119. The number of rotatable bonds is 5. The lowest BCUT2D eigenvalue weighted by atomic mass is 9.82. The van der Waals surface area contributed by atoms with Gasteiger partial charge in [-0.05, 0) is 31.8 Å². The van der Waals surface area contributed by atoms with Crippen LogP contribution in [0.4, 0.5) is 0 Å². The molecule has 1 rings (SSSR count). The highest BCUT2D eigenvalue weighted by atomic mass is 16.1. The molecule has 0 N–H and O–H groups in total. The van der Waals surface area contributed by atoms with Gasteiger partial charge in [0.05, 0.1) is 0 Å². The summed E-state index contributed by atoms with van der Waals surface area (Å²) >= 11 is 0. The van der Waals surface area contributed by atoms with E-state index >= 15 is 0 Å². The van der Waals surface area contributed by atoms with Crippen LogP contribution < -0.4 is 0 Å². The molecule has 0 aromatic rings. The van der Waals surface area contributed by atoms with Gasteiger partial charge in [-0.2, -0.15) is 0 Å². The molecule has 17 heavy (non-hydrogen) atoms. The predicted molar refractivity (Wildman–Crippen MR) is 69.7 cm³/mol. The molecule has 0 aliphatic heterocycles. The second kappa shape index (κ2) is 5.95. The third-order valence-corrected chi connectivity index (χ3v) is 3.11. The molecule has 0 fully saturated rings. The van der Waals surface area contributed by atoms with Gasteiger partial charge in [-0.25, -0.2) is 0 Å². The lowest BCUT2D eigenvalue weighted by Gasteiger charge is -2.21.